The normalized spacial score (nSPS) is 29.6. The predicted octanol–water partition coefficient (Wildman–Crippen LogP) is 10.5. The molecule has 2 aliphatic heterocycles. The maximum absolute atomic E-state index is 5.58. The maximum Gasteiger partial charge on any atom is 0.252 e. The monoisotopic (exact) mass is 738 g/mol. The van der Waals surface area contributed by atoms with E-state index in [2.05, 4.69) is 91.1 Å². The van der Waals surface area contributed by atoms with Gasteiger partial charge >= 0.3 is 0 Å². The zero-order valence-corrected chi connectivity index (χ0v) is 33.3. The molecular formula is C52H47BN4. The number of rotatable bonds is 0. The molecular weight excluding hydrogens is 691 g/mol. The number of aromatic nitrogens is 4. The van der Waals surface area contributed by atoms with Crippen molar-refractivity contribution in [3.63, 3.8) is 0 Å². The first kappa shape index (κ1) is 30.4. The number of hydrogen-bond donors (Lipinski definition) is 0. The Bertz CT molecular complexity index is 2980. The lowest BCUT2D eigenvalue weighted by molar-refractivity contribution is 0.166. The van der Waals surface area contributed by atoms with E-state index in [9.17, 15) is 0 Å². The molecule has 4 atom stereocenters. The summed E-state index contributed by atoms with van der Waals surface area (Å²) < 4.78 is 5.18. The van der Waals surface area contributed by atoms with Crippen molar-refractivity contribution in [3.8, 4) is 11.4 Å². The van der Waals surface area contributed by atoms with Gasteiger partial charge in [-0.05, 0) is 177 Å². The van der Waals surface area contributed by atoms with E-state index in [0.717, 1.165) is 23.7 Å². The van der Waals surface area contributed by atoms with E-state index in [1.54, 1.807) is 22.3 Å². The Hall–Kier alpha value is -4.64. The van der Waals surface area contributed by atoms with E-state index >= 15 is 0 Å². The average Bonchev–Trinajstić information content (AvgIpc) is 3.75. The van der Waals surface area contributed by atoms with Crippen LogP contribution in [0.4, 0.5) is 0 Å². The largest absolute Gasteiger partial charge is 0.299 e. The summed E-state index contributed by atoms with van der Waals surface area (Å²) >= 11 is 0. The van der Waals surface area contributed by atoms with Crippen LogP contribution in [0.25, 0.3) is 65.8 Å². The van der Waals surface area contributed by atoms with E-state index in [-0.39, 0.29) is 12.1 Å². The lowest BCUT2D eigenvalue weighted by atomic mass is 9.33. The van der Waals surface area contributed by atoms with Gasteiger partial charge in [-0.25, -0.2) is 9.97 Å². The summed E-state index contributed by atoms with van der Waals surface area (Å²) in [6.07, 6.45) is 18.4. The van der Waals surface area contributed by atoms with Crippen LogP contribution >= 0.6 is 0 Å². The fourth-order valence-electron chi connectivity index (χ4n) is 16.2. The smallest absolute Gasteiger partial charge is 0.252 e. The number of fused-ring (bicyclic) bond motifs is 6. The standard InChI is InChI=1S/C52H47BN4/c1-52(2,3)34-18-28-4-6-35-44-36(7-5-29(19-34)41(28)44)49-45-48(35)56-22-54-46-42-32-14-24-8-25(15-32)11-30(10-24)37(42)20-39(50(46)56)53(45)40-21-38-31-12-26-9-27(13-31)17-33(16-26)43(38)47-51(40)57(49)23-55-47/h4-7,18-27,30-33H,8-17H2,1-3H3. The molecule has 0 amide bonds. The van der Waals surface area contributed by atoms with Crippen molar-refractivity contribution in [1.82, 2.24) is 19.1 Å². The average molecular weight is 739 g/mol. The first-order chi connectivity index (χ1) is 27.8. The van der Waals surface area contributed by atoms with Crippen LogP contribution in [0.3, 0.4) is 0 Å². The molecule has 0 N–H and O–H groups in total. The summed E-state index contributed by atoms with van der Waals surface area (Å²) in [7, 11) is 0. The highest BCUT2D eigenvalue weighted by atomic mass is 15.1. The van der Waals surface area contributed by atoms with Crippen LogP contribution in [0.2, 0.25) is 0 Å². The van der Waals surface area contributed by atoms with E-state index < -0.39 is 0 Å². The molecule has 4 heterocycles. The molecule has 0 spiro atoms. The molecule has 278 valence electrons. The third-order valence-corrected chi connectivity index (χ3v) is 17.9. The van der Waals surface area contributed by atoms with Crippen molar-refractivity contribution in [2.24, 2.45) is 23.7 Å². The molecule has 4 unspecified atom stereocenters. The first-order valence-electron chi connectivity index (χ1n) is 22.7. The van der Waals surface area contributed by atoms with Crippen LogP contribution in [0.1, 0.15) is 136 Å². The summed E-state index contributed by atoms with van der Waals surface area (Å²) in [6, 6.07) is 20.4. The second-order valence-electron chi connectivity index (χ2n) is 21.9. The molecule has 8 aliphatic carbocycles. The number of nitrogens with zero attached hydrogens (tertiary/aromatic N) is 4. The minimum atomic E-state index is 0.0782. The van der Waals surface area contributed by atoms with Gasteiger partial charge in [-0.1, -0.05) is 69.3 Å². The van der Waals surface area contributed by atoms with Gasteiger partial charge in [0, 0.05) is 16.2 Å². The van der Waals surface area contributed by atoms with Gasteiger partial charge in [0.1, 0.15) is 12.7 Å². The number of benzene rings is 6. The Morgan fingerprint density at radius 2 is 1.00 bits per heavy atom. The highest BCUT2D eigenvalue weighted by Gasteiger charge is 2.49. The zero-order chi connectivity index (χ0) is 37.0. The summed E-state index contributed by atoms with van der Waals surface area (Å²) in [4.78, 5) is 11.2. The van der Waals surface area contributed by atoms with Crippen LogP contribution in [0, 0.1) is 23.7 Å². The third kappa shape index (κ3) is 3.49. The van der Waals surface area contributed by atoms with Gasteiger partial charge in [0.15, 0.2) is 0 Å². The third-order valence-electron chi connectivity index (χ3n) is 17.9. The highest BCUT2D eigenvalue weighted by Crippen LogP contribution is 2.59. The Kier molecular flexibility index (Phi) is 5.14. The van der Waals surface area contributed by atoms with Gasteiger partial charge in [0.25, 0.3) is 6.71 Å². The van der Waals surface area contributed by atoms with E-state index in [4.69, 9.17) is 9.97 Å². The molecule has 2 aromatic heterocycles. The predicted molar refractivity (Wildman–Crippen MR) is 234 cm³/mol. The minimum absolute atomic E-state index is 0.0782. The van der Waals surface area contributed by atoms with Crippen LogP contribution in [-0.2, 0) is 5.41 Å². The molecule has 10 aliphatic rings. The lowest BCUT2D eigenvalue weighted by Crippen LogP contribution is -2.60. The van der Waals surface area contributed by atoms with E-state index in [0.29, 0.717) is 23.7 Å². The molecule has 4 nitrogen and oxygen atoms in total. The van der Waals surface area contributed by atoms with Crippen LogP contribution in [0.5, 0.6) is 0 Å². The van der Waals surface area contributed by atoms with Crippen molar-refractivity contribution < 1.29 is 0 Å². The number of imidazole rings is 2. The lowest BCUT2D eigenvalue weighted by Gasteiger charge is -2.38. The number of hydrogen-bond acceptors (Lipinski definition) is 2. The molecule has 4 fully saturated rings. The molecule has 0 saturated heterocycles. The van der Waals surface area contributed by atoms with Crippen LogP contribution < -0.4 is 16.4 Å². The van der Waals surface area contributed by atoms with Crippen molar-refractivity contribution in [1.29, 1.82) is 0 Å². The van der Waals surface area contributed by atoms with Gasteiger partial charge in [-0.15, -0.1) is 0 Å². The molecule has 0 radical (unpaired) electrons. The zero-order valence-electron chi connectivity index (χ0n) is 33.3. The molecule has 8 bridgehead atoms. The van der Waals surface area contributed by atoms with Gasteiger partial charge < -0.3 is 0 Å². The molecule has 6 aromatic carbocycles. The van der Waals surface area contributed by atoms with E-state index in [1.165, 1.54) is 152 Å². The highest BCUT2D eigenvalue weighted by molar-refractivity contribution is 7.00. The SMILES string of the molecule is CC(C)(C)c1cc2ccc3c4c5c(c6ccc(c1)c2c36)-n1cnc2c3c(cc(c21)B5c1cc2c(c5ncn-4c15)C1CC4CC(CC2C4)C1)C1CC2CC(C1)CC3C2. The second kappa shape index (κ2) is 9.62. The fourth-order valence-corrected chi connectivity index (χ4v) is 16.2. The van der Waals surface area contributed by atoms with Crippen LogP contribution in [-0.4, -0.2) is 25.8 Å². The molecule has 8 aromatic rings. The minimum Gasteiger partial charge on any atom is -0.299 e. The Labute approximate surface area is 333 Å². The van der Waals surface area contributed by atoms with Crippen LogP contribution in [0.15, 0.2) is 61.2 Å². The van der Waals surface area contributed by atoms with Crippen molar-refractivity contribution in [2.75, 3.05) is 0 Å². The van der Waals surface area contributed by atoms with Crippen molar-refractivity contribution >= 4 is 77.5 Å². The summed E-state index contributed by atoms with van der Waals surface area (Å²) in [5, 5.41) is 8.27. The molecule has 57 heavy (non-hydrogen) atoms. The molecule has 18 rings (SSSR count). The maximum atomic E-state index is 5.58. The first-order valence-corrected chi connectivity index (χ1v) is 22.7. The van der Waals surface area contributed by atoms with Gasteiger partial charge in [0.2, 0.25) is 0 Å². The Morgan fingerprint density at radius 3 is 1.46 bits per heavy atom. The molecule has 4 saturated carbocycles. The Morgan fingerprint density at radius 1 is 0.544 bits per heavy atom. The van der Waals surface area contributed by atoms with E-state index in [1.807, 2.05) is 0 Å². The summed E-state index contributed by atoms with van der Waals surface area (Å²) in [5.41, 5.74) is 20.8. The van der Waals surface area contributed by atoms with Gasteiger partial charge in [0.05, 0.1) is 33.4 Å². The van der Waals surface area contributed by atoms with Gasteiger partial charge in [-0.2, -0.15) is 0 Å². The van der Waals surface area contributed by atoms with Crippen molar-refractivity contribution in [3.05, 3.63) is 89.0 Å². The molecule has 5 heteroatoms. The van der Waals surface area contributed by atoms with Gasteiger partial charge in [-0.3, -0.25) is 9.13 Å². The fraction of sp³-hybridized carbons (Fsp3) is 0.423. The second-order valence-corrected chi connectivity index (χ2v) is 21.9. The Balaban J connectivity index is 1.09. The summed E-state index contributed by atoms with van der Waals surface area (Å²) in [5.74, 6) is 6.20. The van der Waals surface area contributed by atoms with Crippen molar-refractivity contribution in [2.45, 2.75) is 114 Å². The summed E-state index contributed by atoms with van der Waals surface area (Å²) in [6.45, 7) is 7.20. The quantitative estimate of drug-likeness (QED) is 0.115. The topological polar surface area (TPSA) is 35.6 Å².